The van der Waals surface area contributed by atoms with Crippen molar-refractivity contribution in [2.24, 2.45) is 0 Å². The molecule has 0 amide bonds. The van der Waals surface area contributed by atoms with Gasteiger partial charge in [0.2, 0.25) is 0 Å². The molecule has 0 aliphatic carbocycles. The maximum absolute atomic E-state index is 10.5. The Balaban J connectivity index is 1.90. The van der Waals surface area contributed by atoms with Crippen LogP contribution in [-0.4, -0.2) is 30.6 Å². The lowest BCUT2D eigenvalue weighted by molar-refractivity contribution is 0.460. The number of benzene rings is 1. The molecular weight excluding hydrogens is 270 g/mol. The summed E-state index contributed by atoms with van der Waals surface area (Å²) >= 11 is 1.81. The Morgan fingerprint density at radius 3 is 2.78 bits per heavy atom. The van der Waals surface area contributed by atoms with Gasteiger partial charge in [-0.1, -0.05) is 23.9 Å². The van der Waals surface area contributed by atoms with E-state index in [1.807, 2.05) is 23.9 Å². The lowest BCUT2D eigenvalue weighted by Crippen LogP contribution is -2.28. The van der Waals surface area contributed by atoms with E-state index >= 15 is 0 Å². The minimum atomic E-state index is -4.07. The molecule has 2 rings (SSSR count). The van der Waals surface area contributed by atoms with Gasteiger partial charge in [-0.05, 0) is 31.9 Å². The van der Waals surface area contributed by atoms with Gasteiger partial charge < -0.3 is 9.45 Å². The summed E-state index contributed by atoms with van der Waals surface area (Å²) in [5.74, 6) is -0.260. The average Bonchev–Trinajstić information content (AvgIpc) is 2.59. The molecule has 18 heavy (non-hydrogen) atoms. The monoisotopic (exact) mass is 286 g/mol. The summed E-state index contributed by atoms with van der Waals surface area (Å²) in [6.07, 6.45) is 1.16. The molecule has 1 heterocycles. The number of hydrogen-bond donors (Lipinski definition) is 0. The van der Waals surface area contributed by atoms with Crippen molar-refractivity contribution >= 4 is 27.6 Å². The first-order chi connectivity index (χ1) is 8.47. The highest BCUT2D eigenvalue weighted by atomic mass is 32.2. The number of nitrogens with zero attached hydrogens (tertiary/aromatic N) is 1. The largest absolute Gasteiger partial charge is 0.748 e. The Bertz CT molecular complexity index is 516. The van der Waals surface area contributed by atoms with Crippen molar-refractivity contribution in [1.82, 2.24) is 0 Å². The van der Waals surface area contributed by atoms with Crippen LogP contribution in [0.15, 0.2) is 29.2 Å². The Morgan fingerprint density at radius 2 is 2.06 bits per heavy atom. The van der Waals surface area contributed by atoms with E-state index < -0.39 is 10.1 Å². The van der Waals surface area contributed by atoms with Gasteiger partial charge in [0.15, 0.2) is 0 Å². The summed E-state index contributed by atoms with van der Waals surface area (Å²) in [6, 6.07) is 8.20. The van der Waals surface area contributed by atoms with Crippen LogP contribution in [-0.2, 0) is 10.1 Å². The standard InChI is InChI=1S/C12H17NO3S2/c1-10-13(8-4-5-9-18(14,15)16)11-6-2-3-7-12(11)17-10/h2-3,6-7,10H,4-5,8-9H2,1H3,(H,14,15,16)/p-1. The SMILES string of the molecule is CC1Sc2ccccc2N1CCCCS(=O)(=O)[O-]. The maximum atomic E-state index is 10.5. The van der Waals surface area contributed by atoms with Crippen molar-refractivity contribution in [3.05, 3.63) is 24.3 Å². The van der Waals surface area contributed by atoms with Crippen LogP contribution in [0.5, 0.6) is 0 Å². The molecule has 100 valence electrons. The van der Waals surface area contributed by atoms with Gasteiger partial charge in [0.25, 0.3) is 0 Å². The van der Waals surface area contributed by atoms with Gasteiger partial charge in [-0.3, -0.25) is 0 Å². The molecule has 0 fully saturated rings. The summed E-state index contributed by atoms with van der Waals surface area (Å²) in [7, 11) is -4.07. The third kappa shape index (κ3) is 3.40. The lowest BCUT2D eigenvalue weighted by Gasteiger charge is -2.23. The summed E-state index contributed by atoms with van der Waals surface area (Å²) in [5, 5.41) is 0.367. The van der Waals surface area contributed by atoms with E-state index in [9.17, 15) is 13.0 Å². The minimum Gasteiger partial charge on any atom is -0.748 e. The molecule has 1 aliphatic heterocycles. The summed E-state index contributed by atoms with van der Waals surface area (Å²) in [6.45, 7) is 2.93. The van der Waals surface area contributed by atoms with Crippen molar-refractivity contribution in [1.29, 1.82) is 0 Å². The van der Waals surface area contributed by atoms with Crippen LogP contribution in [0, 0.1) is 0 Å². The molecule has 0 saturated heterocycles. The van der Waals surface area contributed by atoms with E-state index in [-0.39, 0.29) is 5.75 Å². The molecule has 1 unspecified atom stereocenters. The van der Waals surface area contributed by atoms with Gasteiger partial charge in [0.1, 0.15) is 0 Å². The summed E-state index contributed by atoms with van der Waals surface area (Å²) in [4.78, 5) is 3.53. The molecule has 1 aliphatic rings. The van der Waals surface area contributed by atoms with Gasteiger partial charge in [-0.2, -0.15) is 0 Å². The Kier molecular flexibility index (Phi) is 4.19. The number of hydrogen-bond acceptors (Lipinski definition) is 5. The van der Waals surface area contributed by atoms with Crippen LogP contribution in [0.2, 0.25) is 0 Å². The normalized spacial score (nSPS) is 19.0. The molecule has 0 radical (unpaired) electrons. The fourth-order valence-corrected chi connectivity index (χ4v) is 3.84. The highest BCUT2D eigenvalue weighted by Gasteiger charge is 2.25. The second kappa shape index (κ2) is 5.50. The topological polar surface area (TPSA) is 60.4 Å². The Morgan fingerprint density at radius 1 is 1.33 bits per heavy atom. The molecule has 0 aromatic heterocycles. The third-order valence-corrected chi connectivity index (χ3v) is 4.94. The number of thioether (sulfide) groups is 1. The van der Waals surface area contributed by atoms with Crippen LogP contribution in [0.1, 0.15) is 19.8 Å². The molecular formula is C12H16NO3S2-. The number of anilines is 1. The van der Waals surface area contributed by atoms with Gasteiger partial charge in [-0.25, -0.2) is 8.42 Å². The number of para-hydroxylation sites is 1. The second-order valence-electron chi connectivity index (χ2n) is 4.35. The number of rotatable bonds is 5. The van der Waals surface area contributed by atoms with Crippen LogP contribution in [0.25, 0.3) is 0 Å². The van der Waals surface area contributed by atoms with E-state index in [0.29, 0.717) is 11.8 Å². The van der Waals surface area contributed by atoms with Crippen LogP contribution in [0.4, 0.5) is 5.69 Å². The maximum Gasteiger partial charge on any atom is 0.0945 e. The quantitative estimate of drug-likeness (QED) is 0.614. The third-order valence-electron chi connectivity index (χ3n) is 2.95. The Labute approximate surface area is 112 Å². The van der Waals surface area contributed by atoms with Gasteiger partial charge in [-0.15, -0.1) is 0 Å². The molecule has 1 aromatic rings. The lowest BCUT2D eigenvalue weighted by atomic mass is 10.2. The zero-order chi connectivity index (χ0) is 13.2. The molecule has 4 nitrogen and oxygen atoms in total. The van der Waals surface area contributed by atoms with E-state index in [1.54, 1.807) is 0 Å². The van der Waals surface area contributed by atoms with Crippen molar-refractivity contribution in [3.8, 4) is 0 Å². The first-order valence-corrected chi connectivity index (χ1v) is 8.39. The van der Waals surface area contributed by atoms with Crippen LogP contribution < -0.4 is 4.90 Å². The highest BCUT2D eigenvalue weighted by Crippen LogP contribution is 2.42. The van der Waals surface area contributed by atoms with Gasteiger partial charge >= 0.3 is 0 Å². The first kappa shape index (κ1) is 13.7. The zero-order valence-electron chi connectivity index (χ0n) is 10.2. The molecule has 0 N–H and O–H groups in total. The predicted molar refractivity (Wildman–Crippen MR) is 72.9 cm³/mol. The van der Waals surface area contributed by atoms with Gasteiger partial charge in [0.05, 0.1) is 21.2 Å². The van der Waals surface area contributed by atoms with E-state index in [0.717, 1.165) is 13.0 Å². The smallest absolute Gasteiger partial charge is 0.0945 e. The van der Waals surface area contributed by atoms with Crippen molar-refractivity contribution in [2.45, 2.75) is 30.0 Å². The molecule has 6 heteroatoms. The molecule has 0 saturated carbocycles. The van der Waals surface area contributed by atoms with E-state index in [1.165, 1.54) is 10.6 Å². The first-order valence-electron chi connectivity index (χ1n) is 5.93. The molecule has 1 atom stereocenters. The summed E-state index contributed by atoms with van der Waals surface area (Å²) < 4.78 is 31.6. The highest BCUT2D eigenvalue weighted by molar-refractivity contribution is 8.00. The van der Waals surface area contributed by atoms with Crippen LogP contribution >= 0.6 is 11.8 Å². The minimum absolute atomic E-state index is 0.260. The fraction of sp³-hybridized carbons (Fsp3) is 0.500. The van der Waals surface area contributed by atoms with Crippen molar-refractivity contribution in [3.63, 3.8) is 0 Å². The van der Waals surface area contributed by atoms with Crippen molar-refractivity contribution in [2.75, 3.05) is 17.2 Å². The molecule has 1 aromatic carbocycles. The average molecular weight is 286 g/mol. The zero-order valence-corrected chi connectivity index (χ0v) is 11.8. The molecule has 0 bridgehead atoms. The second-order valence-corrected chi connectivity index (χ2v) is 7.23. The van der Waals surface area contributed by atoms with E-state index in [4.69, 9.17) is 0 Å². The fourth-order valence-electron chi connectivity index (χ4n) is 2.10. The predicted octanol–water partition coefficient (Wildman–Crippen LogP) is 2.27. The van der Waals surface area contributed by atoms with Gasteiger partial charge in [0, 0.05) is 17.2 Å². The number of fused-ring (bicyclic) bond motifs is 1. The molecule has 0 spiro atoms. The Hall–Kier alpha value is -0.720. The van der Waals surface area contributed by atoms with Crippen LogP contribution in [0.3, 0.4) is 0 Å². The van der Waals surface area contributed by atoms with Crippen molar-refractivity contribution < 1.29 is 13.0 Å². The summed E-state index contributed by atoms with van der Waals surface area (Å²) in [5.41, 5.74) is 1.21. The van der Waals surface area contributed by atoms with E-state index in [2.05, 4.69) is 24.0 Å². The number of unbranched alkanes of at least 4 members (excludes halogenated alkanes) is 1.